The quantitative estimate of drug-likeness (QED) is 0.894. The summed E-state index contributed by atoms with van der Waals surface area (Å²) >= 11 is 1.52. The maximum absolute atomic E-state index is 11.6. The molecule has 0 saturated carbocycles. The molecule has 0 aromatic carbocycles. The number of carbonyl (C=O) groups is 1. The van der Waals surface area contributed by atoms with Gasteiger partial charge >= 0.3 is 0 Å². The molecule has 0 radical (unpaired) electrons. The third-order valence-electron chi connectivity index (χ3n) is 2.18. The van der Waals surface area contributed by atoms with Crippen molar-refractivity contribution in [2.24, 2.45) is 5.73 Å². The molecule has 0 unspecified atom stereocenters. The summed E-state index contributed by atoms with van der Waals surface area (Å²) in [4.78, 5) is 15.8. The van der Waals surface area contributed by atoms with Crippen LogP contribution in [0.1, 0.15) is 32.2 Å². The molecule has 1 heterocycles. The van der Waals surface area contributed by atoms with Gasteiger partial charge in [0.2, 0.25) is 5.91 Å². The molecule has 1 rings (SSSR count). The van der Waals surface area contributed by atoms with Crippen LogP contribution >= 0.6 is 36.2 Å². The zero-order valence-electron chi connectivity index (χ0n) is 10.1. The molecule has 1 amide bonds. The van der Waals surface area contributed by atoms with Gasteiger partial charge in [-0.3, -0.25) is 4.79 Å². The lowest BCUT2D eigenvalue weighted by Crippen LogP contribution is -2.48. The van der Waals surface area contributed by atoms with Gasteiger partial charge in [-0.15, -0.1) is 36.2 Å². The molecule has 3 N–H and O–H groups in total. The van der Waals surface area contributed by atoms with Crippen LogP contribution in [0, 0.1) is 0 Å². The lowest BCUT2D eigenvalue weighted by Gasteiger charge is -2.25. The van der Waals surface area contributed by atoms with Gasteiger partial charge in [0, 0.05) is 11.6 Å². The standard InChI is InChI=1S/C10H17N3OS.2ClH/c1-4-7(11)8(14)13-10(2,3)9-12-5-6-15-9;;/h5-7H,4,11H2,1-3H3,(H,13,14);2*1H/t7-;;/m0../s1. The lowest BCUT2D eigenvalue weighted by atomic mass is 10.1. The molecule has 17 heavy (non-hydrogen) atoms. The van der Waals surface area contributed by atoms with Crippen LogP contribution in [0.3, 0.4) is 0 Å². The van der Waals surface area contributed by atoms with E-state index in [0.717, 1.165) is 5.01 Å². The van der Waals surface area contributed by atoms with Crippen LogP contribution in [0.2, 0.25) is 0 Å². The van der Waals surface area contributed by atoms with E-state index in [9.17, 15) is 4.79 Å². The Morgan fingerprint density at radius 3 is 2.59 bits per heavy atom. The predicted molar refractivity (Wildman–Crippen MR) is 76.0 cm³/mol. The molecule has 0 spiro atoms. The first kappa shape index (κ1) is 19.0. The van der Waals surface area contributed by atoms with Crippen LogP contribution < -0.4 is 11.1 Å². The van der Waals surface area contributed by atoms with Crippen molar-refractivity contribution in [1.29, 1.82) is 0 Å². The fourth-order valence-corrected chi connectivity index (χ4v) is 1.89. The SMILES string of the molecule is CC[C@H](N)C(=O)NC(C)(C)c1nccs1.Cl.Cl. The molecule has 0 aliphatic rings. The minimum absolute atomic E-state index is 0. The number of hydrogen-bond donors (Lipinski definition) is 2. The van der Waals surface area contributed by atoms with Gasteiger partial charge in [0.05, 0.1) is 11.6 Å². The predicted octanol–water partition coefficient (Wildman–Crippen LogP) is 2.08. The normalized spacial score (nSPS) is 12.0. The van der Waals surface area contributed by atoms with Gasteiger partial charge in [0.15, 0.2) is 0 Å². The summed E-state index contributed by atoms with van der Waals surface area (Å²) in [5.74, 6) is -0.127. The number of aromatic nitrogens is 1. The van der Waals surface area contributed by atoms with Crippen LogP contribution in [-0.2, 0) is 10.3 Å². The van der Waals surface area contributed by atoms with Gasteiger partial charge < -0.3 is 11.1 Å². The summed E-state index contributed by atoms with van der Waals surface area (Å²) in [7, 11) is 0. The van der Waals surface area contributed by atoms with Crippen molar-refractivity contribution in [2.45, 2.75) is 38.8 Å². The fourth-order valence-electron chi connectivity index (χ4n) is 1.17. The van der Waals surface area contributed by atoms with E-state index in [1.807, 2.05) is 26.2 Å². The number of carbonyl (C=O) groups excluding carboxylic acids is 1. The van der Waals surface area contributed by atoms with Crippen molar-refractivity contribution in [1.82, 2.24) is 10.3 Å². The molecule has 100 valence electrons. The van der Waals surface area contributed by atoms with Gasteiger partial charge in [0.25, 0.3) is 0 Å². The number of hydrogen-bond acceptors (Lipinski definition) is 4. The van der Waals surface area contributed by atoms with E-state index in [4.69, 9.17) is 5.73 Å². The van der Waals surface area contributed by atoms with Crippen LogP contribution in [0.5, 0.6) is 0 Å². The summed E-state index contributed by atoms with van der Waals surface area (Å²) in [5, 5.41) is 5.67. The third kappa shape index (κ3) is 5.21. The minimum Gasteiger partial charge on any atom is -0.343 e. The van der Waals surface area contributed by atoms with Crippen molar-refractivity contribution in [3.63, 3.8) is 0 Å². The van der Waals surface area contributed by atoms with E-state index in [2.05, 4.69) is 10.3 Å². The fraction of sp³-hybridized carbons (Fsp3) is 0.600. The molecule has 7 heteroatoms. The van der Waals surface area contributed by atoms with Gasteiger partial charge in [-0.1, -0.05) is 6.92 Å². The summed E-state index contributed by atoms with van der Waals surface area (Å²) in [6.07, 6.45) is 2.37. The highest BCUT2D eigenvalue weighted by molar-refractivity contribution is 7.09. The number of rotatable bonds is 4. The minimum atomic E-state index is -0.446. The highest BCUT2D eigenvalue weighted by Gasteiger charge is 2.27. The maximum Gasteiger partial charge on any atom is 0.237 e. The second-order valence-corrected chi connectivity index (χ2v) is 4.86. The highest BCUT2D eigenvalue weighted by Crippen LogP contribution is 2.21. The van der Waals surface area contributed by atoms with Crippen molar-refractivity contribution in [2.75, 3.05) is 0 Å². The Morgan fingerprint density at radius 1 is 1.59 bits per heavy atom. The smallest absolute Gasteiger partial charge is 0.237 e. The molecule has 4 nitrogen and oxygen atoms in total. The van der Waals surface area contributed by atoms with Gasteiger partial charge in [-0.25, -0.2) is 4.98 Å². The first-order valence-electron chi connectivity index (χ1n) is 4.95. The Labute approximate surface area is 118 Å². The maximum atomic E-state index is 11.6. The van der Waals surface area contributed by atoms with Crippen molar-refractivity contribution >= 4 is 42.1 Å². The van der Waals surface area contributed by atoms with Gasteiger partial charge in [-0.05, 0) is 20.3 Å². The number of amides is 1. The van der Waals surface area contributed by atoms with E-state index in [0.29, 0.717) is 6.42 Å². The average molecular weight is 300 g/mol. The van der Waals surface area contributed by atoms with E-state index in [1.165, 1.54) is 11.3 Å². The second kappa shape index (κ2) is 7.87. The molecule has 0 aliphatic heterocycles. The van der Waals surface area contributed by atoms with Crippen LogP contribution in [-0.4, -0.2) is 16.9 Å². The second-order valence-electron chi connectivity index (χ2n) is 3.97. The third-order valence-corrected chi connectivity index (χ3v) is 3.28. The Bertz CT molecular complexity index is 330. The molecule has 1 aromatic rings. The van der Waals surface area contributed by atoms with Crippen LogP contribution in [0.4, 0.5) is 0 Å². The molecule has 0 fully saturated rings. The zero-order chi connectivity index (χ0) is 11.5. The summed E-state index contributed by atoms with van der Waals surface area (Å²) in [6, 6.07) is -0.441. The average Bonchev–Trinajstić information content (AvgIpc) is 2.69. The van der Waals surface area contributed by atoms with E-state index in [1.54, 1.807) is 6.20 Å². The van der Waals surface area contributed by atoms with Crippen molar-refractivity contribution in [3.8, 4) is 0 Å². The molecule has 0 bridgehead atoms. The number of nitrogens with one attached hydrogen (secondary N) is 1. The Hall–Kier alpha value is -0.360. The molecule has 0 saturated heterocycles. The Morgan fingerprint density at radius 2 is 2.18 bits per heavy atom. The Balaban J connectivity index is 0. The molecule has 0 aliphatic carbocycles. The number of nitrogens with two attached hydrogens (primary N) is 1. The van der Waals surface area contributed by atoms with E-state index < -0.39 is 11.6 Å². The first-order valence-corrected chi connectivity index (χ1v) is 5.83. The number of halogens is 2. The van der Waals surface area contributed by atoms with Crippen LogP contribution in [0.25, 0.3) is 0 Å². The molecular formula is C10H19Cl2N3OS. The van der Waals surface area contributed by atoms with Crippen molar-refractivity contribution < 1.29 is 4.79 Å². The molecule has 1 aromatic heterocycles. The zero-order valence-corrected chi connectivity index (χ0v) is 12.5. The van der Waals surface area contributed by atoms with E-state index >= 15 is 0 Å². The molecular weight excluding hydrogens is 281 g/mol. The summed E-state index contributed by atoms with van der Waals surface area (Å²) in [5.41, 5.74) is 5.20. The highest BCUT2D eigenvalue weighted by atomic mass is 35.5. The van der Waals surface area contributed by atoms with Gasteiger partial charge in [-0.2, -0.15) is 0 Å². The largest absolute Gasteiger partial charge is 0.343 e. The van der Waals surface area contributed by atoms with Crippen LogP contribution in [0.15, 0.2) is 11.6 Å². The first-order chi connectivity index (χ1) is 6.97. The molecule has 1 atom stereocenters. The Kier molecular flexibility index (Phi) is 8.79. The number of thiazole rings is 1. The lowest BCUT2D eigenvalue weighted by molar-refractivity contribution is -0.124. The van der Waals surface area contributed by atoms with Gasteiger partial charge in [0.1, 0.15) is 5.01 Å². The van der Waals surface area contributed by atoms with E-state index in [-0.39, 0.29) is 30.7 Å². The number of nitrogens with zero attached hydrogens (tertiary/aromatic N) is 1. The monoisotopic (exact) mass is 299 g/mol. The summed E-state index contributed by atoms with van der Waals surface area (Å²) in [6.45, 7) is 5.73. The topological polar surface area (TPSA) is 68.0 Å². The van der Waals surface area contributed by atoms with Crippen molar-refractivity contribution in [3.05, 3.63) is 16.6 Å². The summed E-state index contributed by atoms with van der Waals surface area (Å²) < 4.78 is 0.